The Balaban J connectivity index is 1.82. The van der Waals surface area contributed by atoms with Crippen LogP contribution in [0.1, 0.15) is 11.1 Å². The summed E-state index contributed by atoms with van der Waals surface area (Å²) in [6.45, 7) is 0.231. The molecule has 1 heterocycles. The molecule has 0 atom stereocenters. The Bertz CT molecular complexity index is 1090. The highest BCUT2D eigenvalue weighted by molar-refractivity contribution is 7.53. The maximum Gasteiger partial charge on any atom is 0.334 e. The van der Waals surface area contributed by atoms with Crippen LogP contribution in [0.15, 0.2) is 97.2 Å². The van der Waals surface area contributed by atoms with Crippen LogP contribution in [-0.2, 0) is 24.0 Å². The van der Waals surface area contributed by atoms with Crippen molar-refractivity contribution >= 4 is 18.5 Å². The van der Waals surface area contributed by atoms with E-state index < -0.39 is 12.8 Å². The molecule has 0 spiro atoms. The molecule has 1 aromatic heterocycles. The van der Waals surface area contributed by atoms with Crippen LogP contribution in [0.5, 0.6) is 0 Å². The highest BCUT2D eigenvalue weighted by Gasteiger charge is 2.47. The number of benzene rings is 3. The van der Waals surface area contributed by atoms with Crippen LogP contribution in [0.4, 0.5) is 0 Å². The van der Waals surface area contributed by atoms with Gasteiger partial charge in [-0.2, -0.15) is 0 Å². The molecule has 148 valence electrons. The number of hydrogen-bond acceptors (Lipinski definition) is 1. The number of fused-ring (bicyclic) bond motifs is 1. The Morgan fingerprint density at radius 3 is 1.79 bits per heavy atom. The average Bonchev–Trinajstić information content (AvgIpc) is 3.11. The highest BCUT2D eigenvalue weighted by atomic mass is 31.2. The first-order chi connectivity index (χ1) is 14.0. The molecule has 4 rings (SSSR count). The largest absolute Gasteiger partial charge is 0.346 e. The molecule has 5 heteroatoms. The molecule has 0 aliphatic heterocycles. The van der Waals surface area contributed by atoms with Crippen molar-refractivity contribution in [3.05, 3.63) is 108 Å². The lowest BCUT2D eigenvalue weighted by Gasteiger charge is -2.35. The summed E-state index contributed by atoms with van der Waals surface area (Å²) in [7, 11) is -4.48. The second kappa shape index (κ2) is 8.00. The van der Waals surface area contributed by atoms with E-state index in [0.29, 0.717) is 12.8 Å². The molecule has 2 N–H and O–H groups in total. The third-order valence-corrected chi connectivity index (χ3v) is 7.21. The maximum atomic E-state index is 13.0. The van der Waals surface area contributed by atoms with Gasteiger partial charge in [0.05, 0.1) is 5.16 Å². The Morgan fingerprint density at radius 2 is 1.24 bits per heavy atom. The van der Waals surface area contributed by atoms with Crippen molar-refractivity contribution in [2.75, 3.05) is 0 Å². The first-order valence-electron chi connectivity index (χ1n) is 9.64. The van der Waals surface area contributed by atoms with E-state index in [9.17, 15) is 14.4 Å². The van der Waals surface area contributed by atoms with Gasteiger partial charge in [0.25, 0.3) is 0 Å². The lowest BCUT2D eigenvalue weighted by molar-refractivity contribution is 0.303. The van der Waals surface area contributed by atoms with Crippen molar-refractivity contribution in [2.45, 2.75) is 24.5 Å². The molecule has 0 unspecified atom stereocenters. The predicted molar refractivity (Wildman–Crippen MR) is 117 cm³/mol. The molecule has 0 aliphatic rings. The Labute approximate surface area is 170 Å². The zero-order valence-corrected chi connectivity index (χ0v) is 17.0. The normalized spacial score (nSPS) is 12.3. The molecule has 3 aromatic carbocycles. The molecule has 0 fully saturated rings. The van der Waals surface area contributed by atoms with Gasteiger partial charge < -0.3 is 14.4 Å². The van der Waals surface area contributed by atoms with Crippen LogP contribution >= 0.6 is 7.60 Å². The van der Waals surface area contributed by atoms with Crippen molar-refractivity contribution < 1.29 is 14.4 Å². The molecule has 4 nitrogen and oxygen atoms in total. The molecular weight excluding hydrogens is 381 g/mol. The van der Waals surface area contributed by atoms with E-state index in [1.54, 1.807) is 0 Å². The molecule has 0 aliphatic carbocycles. The van der Waals surface area contributed by atoms with Crippen molar-refractivity contribution in [3.63, 3.8) is 0 Å². The molecule has 4 aromatic rings. The fourth-order valence-corrected chi connectivity index (χ4v) is 5.13. The van der Waals surface area contributed by atoms with E-state index >= 15 is 0 Å². The van der Waals surface area contributed by atoms with Gasteiger partial charge in [0.1, 0.15) is 0 Å². The molecular formula is C24H24NO3P. The van der Waals surface area contributed by atoms with Crippen LogP contribution < -0.4 is 0 Å². The van der Waals surface area contributed by atoms with E-state index in [2.05, 4.69) is 0 Å². The molecule has 0 saturated carbocycles. The van der Waals surface area contributed by atoms with Gasteiger partial charge in [-0.25, -0.2) is 0 Å². The van der Waals surface area contributed by atoms with Gasteiger partial charge in [0, 0.05) is 18.3 Å². The second-order valence-corrected chi connectivity index (χ2v) is 9.63. The van der Waals surface area contributed by atoms with Crippen molar-refractivity contribution in [1.82, 2.24) is 4.57 Å². The van der Waals surface area contributed by atoms with Crippen LogP contribution in [0.25, 0.3) is 10.9 Å². The zero-order chi connectivity index (χ0) is 20.3. The number of aromatic nitrogens is 1. The minimum Gasteiger partial charge on any atom is -0.346 e. The fourth-order valence-electron chi connectivity index (χ4n) is 4.02. The molecule has 29 heavy (non-hydrogen) atoms. The third-order valence-electron chi connectivity index (χ3n) is 5.51. The number of rotatable bonds is 7. The van der Waals surface area contributed by atoms with E-state index in [1.807, 2.05) is 102 Å². The van der Waals surface area contributed by atoms with Crippen molar-refractivity contribution in [1.29, 1.82) is 0 Å². The highest BCUT2D eigenvalue weighted by Crippen LogP contribution is 2.55. The lowest BCUT2D eigenvalue weighted by Crippen LogP contribution is -2.39. The SMILES string of the molecule is O=P(O)(O)C(Cc1ccccc1)(Cc1ccccc1)Cn1ccc2ccccc21. The smallest absolute Gasteiger partial charge is 0.334 e. The Morgan fingerprint density at radius 1 is 0.724 bits per heavy atom. The summed E-state index contributed by atoms with van der Waals surface area (Å²) >= 11 is 0. The molecule has 0 amide bonds. The lowest BCUT2D eigenvalue weighted by atomic mass is 9.91. The first kappa shape index (κ1) is 19.7. The standard InChI is InChI=1S/C24H24NO3P/c26-29(27,28)24(17-20-9-3-1-4-10-20,18-21-11-5-2-6-12-21)19-25-16-15-22-13-7-8-14-23(22)25/h1-16H,17-19H2,(H2,26,27,28). The monoisotopic (exact) mass is 405 g/mol. The summed E-state index contributed by atoms with van der Waals surface area (Å²) in [5, 5.41) is -0.191. The van der Waals surface area contributed by atoms with Crippen LogP contribution in [0.2, 0.25) is 0 Å². The number of nitrogens with zero attached hydrogens (tertiary/aromatic N) is 1. The van der Waals surface area contributed by atoms with Crippen LogP contribution in [0.3, 0.4) is 0 Å². The van der Waals surface area contributed by atoms with Crippen LogP contribution in [-0.4, -0.2) is 19.5 Å². The summed E-state index contributed by atoms with van der Waals surface area (Å²) in [6.07, 6.45) is 2.50. The first-order valence-corrected chi connectivity index (χ1v) is 11.3. The Hall–Kier alpha value is -2.65. The fraction of sp³-hybridized carbons (Fsp3) is 0.167. The van der Waals surface area contributed by atoms with Gasteiger partial charge in [-0.3, -0.25) is 4.57 Å². The van der Waals surface area contributed by atoms with Gasteiger partial charge in [-0.1, -0.05) is 78.9 Å². The van der Waals surface area contributed by atoms with E-state index in [4.69, 9.17) is 0 Å². The summed E-state index contributed by atoms with van der Waals surface area (Å²) < 4.78 is 15.0. The van der Waals surface area contributed by atoms with Gasteiger partial charge in [0.15, 0.2) is 0 Å². The molecule has 0 radical (unpaired) electrons. The minimum absolute atomic E-state index is 0.231. The number of hydrogen-bond donors (Lipinski definition) is 2. The second-order valence-electron chi connectivity index (χ2n) is 7.60. The topological polar surface area (TPSA) is 62.5 Å². The minimum atomic E-state index is -4.48. The summed E-state index contributed by atoms with van der Waals surface area (Å²) in [5.41, 5.74) is 2.82. The number of para-hydroxylation sites is 1. The van der Waals surface area contributed by atoms with E-state index in [-0.39, 0.29) is 6.54 Å². The average molecular weight is 405 g/mol. The predicted octanol–water partition coefficient (Wildman–Crippen LogP) is 5.04. The molecule has 0 bridgehead atoms. The maximum absolute atomic E-state index is 13.0. The van der Waals surface area contributed by atoms with Gasteiger partial charge in [-0.15, -0.1) is 0 Å². The van der Waals surface area contributed by atoms with Gasteiger partial charge in [0.2, 0.25) is 0 Å². The van der Waals surface area contributed by atoms with Gasteiger partial charge >= 0.3 is 7.60 Å². The third kappa shape index (κ3) is 4.20. The Kier molecular flexibility index (Phi) is 5.42. The molecule has 0 saturated heterocycles. The van der Waals surface area contributed by atoms with Crippen molar-refractivity contribution in [3.8, 4) is 0 Å². The van der Waals surface area contributed by atoms with E-state index in [0.717, 1.165) is 22.0 Å². The van der Waals surface area contributed by atoms with E-state index in [1.165, 1.54) is 0 Å². The summed E-state index contributed by atoms with van der Waals surface area (Å²) in [6, 6.07) is 29.1. The summed E-state index contributed by atoms with van der Waals surface area (Å²) in [4.78, 5) is 21.2. The van der Waals surface area contributed by atoms with Crippen molar-refractivity contribution in [2.24, 2.45) is 0 Å². The van der Waals surface area contributed by atoms with Gasteiger partial charge in [-0.05, 0) is 41.5 Å². The quantitative estimate of drug-likeness (QED) is 0.423. The zero-order valence-electron chi connectivity index (χ0n) is 16.1. The summed E-state index contributed by atoms with van der Waals surface area (Å²) in [5.74, 6) is 0. The van der Waals surface area contributed by atoms with Crippen LogP contribution in [0, 0.1) is 0 Å².